The van der Waals surface area contributed by atoms with Crippen molar-refractivity contribution in [2.75, 3.05) is 169 Å². The van der Waals surface area contributed by atoms with Crippen LogP contribution in [0.25, 0.3) is 11.1 Å². The van der Waals surface area contributed by atoms with Gasteiger partial charge < -0.3 is 70.4 Å². The Balaban J connectivity index is 0.000000459. The van der Waals surface area contributed by atoms with Crippen LogP contribution in [0.2, 0.25) is 0 Å². The summed E-state index contributed by atoms with van der Waals surface area (Å²) in [5, 5.41) is 0. The fraction of sp³-hybridized carbons (Fsp3) is 0.540. The average Bonchev–Trinajstić information content (AvgIpc) is 0.921. The van der Waals surface area contributed by atoms with Crippen LogP contribution in [-0.4, -0.2) is 209 Å². The molecule has 0 bridgehead atoms. The Morgan fingerprint density at radius 3 is 1.38 bits per heavy atom. The Morgan fingerprint density at radius 1 is 0.556 bits per heavy atom. The maximum atomic E-state index is 8.63. The molecule has 3 aliphatic carbocycles. The van der Waals surface area contributed by atoms with E-state index >= 15 is 0 Å². The van der Waals surface area contributed by atoms with Gasteiger partial charge in [0.05, 0.1) is 52.6 Å². The Morgan fingerprint density at radius 2 is 0.991 bits per heavy atom. The highest BCUT2D eigenvalue weighted by molar-refractivity contribution is 7.79. The number of allylic oxidation sites excluding steroid dienone is 8. The van der Waals surface area contributed by atoms with E-state index < -0.39 is 10.4 Å². The number of rotatable bonds is 35. The molecular formula is C87H141N11O9S. The smallest absolute Gasteiger partial charge is 0.215 e. The zero-order chi connectivity index (χ0) is 80.2. The van der Waals surface area contributed by atoms with Crippen molar-refractivity contribution in [1.82, 2.24) is 14.5 Å². The van der Waals surface area contributed by atoms with Gasteiger partial charge in [-0.3, -0.25) is 9.45 Å². The molecule has 2 atom stereocenters. The number of unbranched alkanes of at least 4 members (excludes halogenated alkanes) is 2. The monoisotopic (exact) mass is 1520 g/mol. The number of hydrogen-bond acceptors (Lipinski definition) is 17. The van der Waals surface area contributed by atoms with Crippen molar-refractivity contribution < 1.29 is 45.8 Å². The molecule has 0 aliphatic heterocycles. The summed E-state index contributed by atoms with van der Waals surface area (Å²) in [4.78, 5) is 12.8. The number of ether oxygens (including phenoxy) is 5. The van der Waals surface area contributed by atoms with E-state index in [1.165, 1.54) is 93.0 Å². The lowest BCUT2D eigenvalue weighted by Gasteiger charge is -2.45. The minimum Gasteiger partial charge on any atom is -0.726 e. The number of benzene rings is 4. The lowest BCUT2D eigenvalue weighted by molar-refractivity contribution is -0.519. The van der Waals surface area contributed by atoms with Crippen molar-refractivity contribution in [3.8, 4) is 0 Å². The second-order valence-corrected chi connectivity index (χ2v) is 29.4. The molecule has 3 aliphatic rings. The van der Waals surface area contributed by atoms with Crippen LogP contribution >= 0.6 is 0 Å². The van der Waals surface area contributed by atoms with Crippen molar-refractivity contribution in [2.24, 2.45) is 33.8 Å². The first-order valence-corrected chi connectivity index (χ1v) is 40.4. The van der Waals surface area contributed by atoms with Crippen LogP contribution in [0.5, 0.6) is 0 Å². The van der Waals surface area contributed by atoms with Gasteiger partial charge in [-0.1, -0.05) is 145 Å². The standard InChI is InChI=1S/C27H33N2.C25H31N3.C11H25NO3.C10H22N2.C7H12N2.C7H17NO2.H2O4S/c1-5-28(6-2)25-18-14-23(15-19-25)27(22-12-10-9-11-13-22)24-16-20-26(21-17-24)29(7-3)8-4;1-26(2)22-13-7-19(8-14-22)25(20-9-15-23(16-10-20)27(3)4)21-11-17-24(18-12-21)28(5)6;1-2-3-6-13-8-10-15-11-9-14-7-4-5-12;1-9(2)4-8(12)5-10(3,6-9)7-11;1-2-3-5-9-6-4-8-7-9;1-2-4-9-6-7-10-5-3-8;1-5(2,3)4/h9-21H,5-8H2,1-4H3;7-18,22H,1-6H3;2-12H2,1H3;8H,4-7,11-12H2,1-3H3;4,6-7H,2-3,5H2,1H3;2-8H2,1H3;(H2,1,2,3,4)/q+1;;;;;;/p-1. The largest absolute Gasteiger partial charge is 0.726 e. The molecule has 4 aromatic carbocycles. The third-order valence-electron chi connectivity index (χ3n) is 18.0. The van der Waals surface area contributed by atoms with Crippen molar-refractivity contribution in [1.29, 1.82) is 0 Å². The lowest BCUT2D eigenvalue weighted by Crippen LogP contribution is -2.45. The predicted molar refractivity (Wildman–Crippen MR) is 455 cm³/mol. The van der Waals surface area contributed by atoms with Crippen LogP contribution in [0.3, 0.4) is 0 Å². The minimum absolute atomic E-state index is 0.279. The highest BCUT2D eigenvalue weighted by Crippen LogP contribution is 2.45. The Labute approximate surface area is 653 Å². The molecule has 1 aromatic heterocycles. The fourth-order valence-electron chi connectivity index (χ4n) is 12.5. The van der Waals surface area contributed by atoms with Crippen molar-refractivity contribution >= 4 is 44.3 Å². The van der Waals surface area contributed by atoms with Crippen molar-refractivity contribution in [3.05, 3.63) is 204 Å². The summed E-state index contributed by atoms with van der Waals surface area (Å²) < 4.78 is 63.5. The van der Waals surface area contributed by atoms with Gasteiger partial charge in [-0.2, -0.15) is 0 Å². The summed E-state index contributed by atoms with van der Waals surface area (Å²) in [6, 6.07) is 38.0. The highest BCUT2D eigenvalue weighted by atomic mass is 32.3. The molecule has 2 unspecified atom stereocenters. The van der Waals surface area contributed by atoms with Gasteiger partial charge in [0.2, 0.25) is 10.4 Å². The number of aryl methyl sites for hydroxylation is 1. The Bertz CT molecular complexity index is 3360. The Hall–Kier alpha value is -6.93. The number of anilines is 3. The molecule has 1 saturated carbocycles. The number of imidazole rings is 1. The van der Waals surface area contributed by atoms with E-state index in [2.05, 4.69) is 297 Å². The van der Waals surface area contributed by atoms with Gasteiger partial charge in [-0.25, -0.2) is 18.0 Å². The first kappa shape index (κ1) is 97.1. The summed E-state index contributed by atoms with van der Waals surface area (Å²) in [5.74, 6) is 0. The van der Waals surface area contributed by atoms with Gasteiger partial charge in [-0.15, -0.1) is 0 Å². The fourth-order valence-corrected chi connectivity index (χ4v) is 12.5. The molecule has 9 N–H and O–H groups in total. The van der Waals surface area contributed by atoms with Crippen molar-refractivity contribution in [2.45, 2.75) is 146 Å². The SMILES string of the molecule is CC1(C)CC(N)CC(C)(CN)C1.CCCCOCCOCCOCCCN.CCCCn1ccnc1.CCCOCCOCCN.CCN(CC)c1ccc(C(=C2C=CC(=[N+](CC)CC)C=C2)c2ccccc2)cc1.CN(C)c1ccc(C(=C2C=CC(N(C)C)C=C2)c2ccc(N(C)C)cc2)cc1.O=S(=O)([O-])O. The maximum Gasteiger partial charge on any atom is 0.215 e. The zero-order valence-electron chi connectivity index (χ0n) is 69.0. The van der Waals surface area contributed by atoms with Crippen molar-refractivity contribution in [3.63, 3.8) is 0 Å². The summed E-state index contributed by atoms with van der Waals surface area (Å²) in [7, 11) is 7.58. The quantitative estimate of drug-likeness (QED) is 0.0109. The van der Waals surface area contributed by atoms with Crippen LogP contribution < -0.4 is 37.6 Å². The maximum absolute atomic E-state index is 8.63. The topological polar surface area (TPSA) is 261 Å². The summed E-state index contributed by atoms with van der Waals surface area (Å²) in [6.07, 6.45) is 33.9. The highest BCUT2D eigenvalue weighted by Gasteiger charge is 2.39. The molecule has 1 fully saturated rings. The molecule has 5 aromatic rings. The molecule has 1 heterocycles. The third kappa shape index (κ3) is 41.2. The first-order valence-electron chi connectivity index (χ1n) is 39.1. The van der Waals surface area contributed by atoms with Crippen LogP contribution in [0.15, 0.2) is 182 Å². The summed E-state index contributed by atoms with van der Waals surface area (Å²) in [5.41, 5.74) is 37.9. The van der Waals surface area contributed by atoms with E-state index in [4.69, 9.17) is 64.1 Å². The number of nitrogens with zero attached hydrogens (tertiary/aromatic N) is 7. The normalized spacial score (nSPS) is 16.0. The van der Waals surface area contributed by atoms with E-state index in [1.807, 2.05) is 18.7 Å². The van der Waals surface area contributed by atoms with E-state index in [-0.39, 0.29) is 5.41 Å². The van der Waals surface area contributed by atoms with Gasteiger partial charge in [0.1, 0.15) is 13.1 Å². The summed E-state index contributed by atoms with van der Waals surface area (Å²) in [6.45, 7) is 36.4. The van der Waals surface area contributed by atoms with Gasteiger partial charge >= 0.3 is 0 Å². The van der Waals surface area contributed by atoms with Crippen LogP contribution in [0.1, 0.15) is 149 Å². The average molecular weight is 1520 g/mol. The molecule has 604 valence electrons. The molecule has 0 radical (unpaired) electrons. The van der Waals surface area contributed by atoms with Crippen LogP contribution in [0.4, 0.5) is 17.1 Å². The number of likely N-dealkylation sites (N-methyl/N-ethyl adjacent to an activating group) is 1. The lowest BCUT2D eigenvalue weighted by atomic mass is 9.63. The second-order valence-electron chi connectivity index (χ2n) is 28.5. The Kier molecular flexibility index (Phi) is 50.7. The molecule has 0 spiro atoms. The van der Waals surface area contributed by atoms with Gasteiger partial charge in [0.25, 0.3) is 0 Å². The first-order chi connectivity index (χ1) is 51.7. The molecule has 108 heavy (non-hydrogen) atoms. The predicted octanol–water partition coefficient (Wildman–Crippen LogP) is 14.4. The molecule has 0 amide bonds. The van der Waals surface area contributed by atoms with E-state index in [0.717, 1.165) is 91.2 Å². The van der Waals surface area contributed by atoms with E-state index in [9.17, 15) is 0 Å². The third-order valence-corrected chi connectivity index (χ3v) is 18.0. The second kappa shape index (κ2) is 56.3. The van der Waals surface area contributed by atoms with Crippen LogP contribution in [0, 0.1) is 10.8 Å². The van der Waals surface area contributed by atoms with Gasteiger partial charge in [0.15, 0.2) is 5.71 Å². The van der Waals surface area contributed by atoms with Gasteiger partial charge in [-0.05, 0) is 204 Å². The minimum atomic E-state index is -4.92. The molecular weight excluding hydrogens is 1380 g/mol. The summed E-state index contributed by atoms with van der Waals surface area (Å²) >= 11 is 0. The molecule has 20 nitrogen and oxygen atoms in total. The van der Waals surface area contributed by atoms with Crippen LogP contribution in [-0.2, 0) is 40.6 Å². The number of aromatic nitrogens is 2. The molecule has 21 heteroatoms. The molecule has 8 rings (SSSR count). The number of hydrogen-bond donors (Lipinski definition) is 5. The number of nitrogens with two attached hydrogens (primary N) is 4. The van der Waals surface area contributed by atoms with E-state index in [0.29, 0.717) is 76.8 Å². The zero-order valence-corrected chi connectivity index (χ0v) is 69.8. The van der Waals surface area contributed by atoms with Gasteiger partial charge in [0, 0.05) is 128 Å². The molecule has 0 saturated heterocycles. The van der Waals surface area contributed by atoms with E-state index in [1.54, 1.807) is 0 Å².